The Morgan fingerprint density at radius 3 is 2.47 bits per heavy atom. The van der Waals surface area contributed by atoms with Crippen LogP contribution in [-0.4, -0.2) is 20.8 Å². The van der Waals surface area contributed by atoms with Crippen LogP contribution in [0.4, 0.5) is 4.39 Å². The lowest BCUT2D eigenvalue weighted by Gasteiger charge is -2.25. The zero-order valence-electron chi connectivity index (χ0n) is 10.3. The summed E-state index contributed by atoms with van der Waals surface area (Å²) in [4.78, 5) is 0. The molecule has 1 aromatic rings. The van der Waals surface area contributed by atoms with E-state index in [-0.39, 0.29) is 11.9 Å². The van der Waals surface area contributed by atoms with Crippen LogP contribution in [0.1, 0.15) is 30.9 Å². The number of halogens is 1. The average Bonchev–Trinajstić information content (AvgIpc) is 2.39. The molecule has 0 bridgehead atoms. The second-order valence-corrected chi connectivity index (χ2v) is 4.23. The Balaban J connectivity index is 2.32. The van der Waals surface area contributed by atoms with Gasteiger partial charge < -0.3 is 14.8 Å². The Bertz CT molecular complexity index is 389. The highest BCUT2D eigenvalue weighted by Crippen LogP contribution is 2.34. The molecule has 4 heteroatoms. The molecule has 0 aliphatic carbocycles. The number of nitrogens with one attached hydrogen (secondary N) is 1. The van der Waals surface area contributed by atoms with Gasteiger partial charge in [0.05, 0.1) is 14.2 Å². The molecule has 1 aliphatic rings. The van der Waals surface area contributed by atoms with Crippen molar-refractivity contribution in [3.63, 3.8) is 0 Å². The van der Waals surface area contributed by atoms with Crippen LogP contribution in [0.15, 0.2) is 12.1 Å². The Labute approximate surface area is 101 Å². The molecule has 0 aromatic heterocycles. The summed E-state index contributed by atoms with van der Waals surface area (Å²) in [5.74, 6) is 0.780. The molecule has 1 atom stereocenters. The van der Waals surface area contributed by atoms with Crippen LogP contribution in [0, 0.1) is 5.82 Å². The third-order valence-electron chi connectivity index (χ3n) is 3.19. The van der Waals surface area contributed by atoms with Gasteiger partial charge in [0.1, 0.15) is 5.82 Å². The quantitative estimate of drug-likeness (QED) is 0.879. The second-order valence-electron chi connectivity index (χ2n) is 4.23. The third-order valence-corrected chi connectivity index (χ3v) is 3.19. The monoisotopic (exact) mass is 239 g/mol. The van der Waals surface area contributed by atoms with E-state index in [1.54, 1.807) is 13.2 Å². The number of benzene rings is 1. The van der Waals surface area contributed by atoms with E-state index in [0.29, 0.717) is 17.1 Å². The van der Waals surface area contributed by atoms with Gasteiger partial charge in [-0.1, -0.05) is 6.42 Å². The highest BCUT2D eigenvalue weighted by atomic mass is 19.1. The van der Waals surface area contributed by atoms with Gasteiger partial charge >= 0.3 is 0 Å². The van der Waals surface area contributed by atoms with Crippen molar-refractivity contribution in [2.24, 2.45) is 0 Å². The smallest absolute Gasteiger partial charge is 0.163 e. The zero-order valence-corrected chi connectivity index (χ0v) is 10.3. The first-order chi connectivity index (χ1) is 8.26. The molecular formula is C13H18FNO2. The van der Waals surface area contributed by atoms with Gasteiger partial charge in [0.25, 0.3) is 0 Å². The first-order valence-electron chi connectivity index (χ1n) is 5.91. The number of hydrogen-bond donors (Lipinski definition) is 1. The van der Waals surface area contributed by atoms with Gasteiger partial charge in [0.2, 0.25) is 0 Å². The van der Waals surface area contributed by atoms with Crippen LogP contribution in [0.25, 0.3) is 0 Å². The van der Waals surface area contributed by atoms with E-state index in [1.807, 2.05) is 0 Å². The topological polar surface area (TPSA) is 30.5 Å². The van der Waals surface area contributed by atoms with Crippen molar-refractivity contribution in [3.8, 4) is 11.5 Å². The van der Waals surface area contributed by atoms with E-state index in [2.05, 4.69) is 5.32 Å². The molecule has 94 valence electrons. The molecule has 1 N–H and O–H groups in total. The molecule has 1 fully saturated rings. The van der Waals surface area contributed by atoms with Crippen molar-refractivity contribution >= 4 is 0 Å². The van der Waals surface area contributed by atoms with Gasteiger partial charge in [0, 0.05) is 17.7 Å². The van der Waals surface area contributed by atoms with Crippen molar-refractivity contribution in [1.82, 2.24) is 5.32 Å². The Morgan fingerprint density at radius 2 is 1.88 bits per heavy atom. The molecule has 0 unspecified atom stereocenters. The largest absolute Gasteiger partial charge is 0.493 e. The Morgan fingerprint density at radius 1 is 1.18 bits per heavy atom. The molecule has 0 spiro atoms. The van der Waals surface area contributed by atoms with E-state index in [4.69, 9.17) is 9.47 Å². The lowest BCUT2D eigenvalue weighted by Crippen LogP contribution is -2.27. The summed E-state index contributed by atoms with van der Waals surface area (Å²) in [5, 5.41) is 3.33. The maximum absolute atomic E-state index is 14.0. The van der Waals surface area contributed by atoms with Crippen molar-refractivity contribution < 1.29 is 13.9 Å². The second kappa shape index (κ2) is 5.36. The number of hydrogen-bond acceptors (Lipinski definition) is 3. The standard InChI is InChI=1S/C13H18FNO2/c1-16-12-7-9(10(14)8-13(12)17-2)11-5-3-4-6-15-11/h7-8,11,15H,3-6H2,1-2H3/t11-/m1/s1. The van der Waals surface area contributed by atoms with Gasteiger partial charge in [-0.05, 0) is 25.5 Å². The normalized spacial score (nSPS) is 20.1. The fourth-order valence-electron chi connectivity index (χ4n) is 2.25. The zero-order chi connectivity index (χ0) is 12.3. The van der Waals surface area contributed by atoms with Crippen molar-refractivity contribution in [2.75, 3.05) is 20.8 Å². The van der Waals surface area contributed by atoms with E-state index in [1.165, 1.54) is 13.2 Å². The molecule has 2 rings (SSSR count). The number of ether oxygens (including phenoxy) is 2. The first kappa shape index (κ1) is 12.2. The van der Waals surface area contributed by atoms with E-state index >= 15 is 0 Å². The van der Waals surface area contributed by atoms with Crippen LogP contribution in [0.3, 0.4) is 0 Å². The Hall–Kier alpha value is -1.29. The number of methoxy groups -OCH3 is 2. The van der Waals surface area contributed by atoms with Gasteiger partial charge in [-0.2, -0.15) is 0 Å². The first-order valence-corrected chi connectivity index (χ1v) is 5.91. The summed E-state index contributed by atoms with van der Waals surface area (Å²) in [7, 11) is 3.07. The SMILES string of the molecule is COc1cc(F)c([C@H]2CCCCN2)cc1OC. The maximum atomic E-state index is 14.0. The minimum absolute atomic E-state index is 0.0866. The van der Waals surface area contributed by atoms with Gasteiger partial charge in [0.15, 0.2) is 11.5 Å². The minimum Gasteiger partial charge on any atom is -0.493 e. The van der Waals surface area contributed by atoms with Crippen LogP contribution in [-0.2, 0) is 0 Å². The lowest BCUT2D eigenvalue weighted by molar-refractivity contribution is 0.347. The highest BCUT2D eigenvalue weighted by Gasteiger charge is 2.20. The van der Waals surface area contributed by atoms with E-state index in [0.717, 1.165) is 25.8 Å². The third kappa shape index (κ3) is 2.52. The van der Waals surface area contributed by atoms with Crippen LogP contribution in [0.5, 0.6) is 11.5 Å². The molecule has 1 aromatic carbocycles. The molecule has 17 heavy (non-hydrogen) atoms. The highest BCUT2D eigenvalue weighted by molar-refractivity contribution is 5.44. The number of piperidine rings is 1. The minimum atomic E-state index is -0.234. The van der Waals surface area contributed by atoms with E-state index < -0.39 is 0 Å². The molecule has 1 aliphatic heterocycles. The lowest BCUT2D eigenvalue weighted by atomic mass is 9.97. The molecule has 1 heterocycles. The molecule has 1 saturated heterocycles. The molecule has 0 radical (unpaired) electrons. The molecule has 0 amide bonds. The predicted molar refractivity (Wildman–Crippen MR) is 64.1 cm³/mol. The summed E-state index contributed by atoms with van der Waals surface area (Å²) >= 11 is 0. The van der Waals surface area contributed by atoms with Crippen LogP contribution < -0.4 is 14.8 Å². The average molecular weight is 239 g/mol. The summed E-state index contributed by atoms with van der Waals surface area (Å²) < 4.78 is 24.2. The van der Waals surface area contributed by atoms with Crippen LogP contribution in [0.2, 0.25) is 0 Å². The van der Waals surface area contributed by atoms with Gasteiger partial charge in [-0.3, -0.25) is 0 Å². The van der Waals surface area contributed by atoms with Gasteiger partial charge in [-0.25, -0.2) is 4.39 Å². The summed E-state index contributed by atoms with van der Waals surface area (Å²) in [5.41, 5.74) is 0.669. The van der Waals surface area contributed by atoms with Crippen molar-refractivity contribution in [3.05, 3.63) is 23.5 Å². The maximum Gasteiger partial charge on any atom is 0.163 e. The molecule has 0 saturated carbocycles. The molecule has 3 nitrogen and oxygen atoms in total. The Kier molecular flexibility index (Phi) is 3.84. The summed E-state index contributed by atoms with van der Waals surface area (Å²) in [6.45, 7) is 0.943. The number of rotatable bonds is 3. The van der Waals surface area contributed by atoms with Crippen molar-refractivity contribution in [2.45, 2.75) is 25.3 Å². The van der Waals surface area contributed by atoms with Gasteiger partial charge in [-0.15, -0.1) is 0 Å². The summed E-state index contributed by atoms with van der Waals surface area (Å²) in [6, 6.07) is 3.21. The van der Waals surface area contributed by atoms with Crippen molar-refractivity contribution in [1.29, 1.82) is 0 Å². The van der Waals surface area contributed by atoms with Crippen LogP contribution >= 0.6 is 0 Å². The predicted octanol–water partition coefficient (Wildman–Crippen LogP) is 2.66. The molecular weight excluding hydrogens is 221 g/mol. The fraction of sp³-hybridized carbons (Fsp3) is 0.538. The summed E-state index contributed by atoms with van der Waals surface area (Å²) in [6.07, 6.45) is 3.25. The van der Waals surface area contributed by atoms with E-state index in [9.17, 15) is 4.39 Å². The fourth-order valence-corrected chi connectivity index (χ4v) is 2.25.